The SMILES string of the molecule is CCOC(=O)COc1ccc2c(c1)/C(=N/NC(=S)Nc1cccc(Cl)c1C)CC(C)(C)O2. The fraction of sp³-hybridized carbons (Fsp3) is 0.348. The highest BCUT2D eigenvalue weighted by atomic mass is 35.5. The van der Waals surface area contributed by atoms with Gasteiger partial charge in [-0.1, -0.05) is 17.7 Å². The molecule has 3 rings (SSSR count). The first-order valence-corrected chi connectivity index (χ1v) is 11.0. The molecule has 0 saturated heterocycles. The molecule has 0 bridgehead atoms. The number of ether oxygens (including phenoxy) is 3. The van der Waals surface area contributed by atoms with E-state index in [0.717, 1.165) is 22.5 Å². The number of fused-ring (bicyclic) bond motifs is 1. The molecule has 1 aliphatic rings. The van der Waals surface area contributed by atoms with Crippen LogP contribution in [0.25, 0.3) is 0 Å². The van der Waals surface area contributed by atoms with E-state index in [0.29, 0.717) is 34.7 Å². The summed E-state index contributed by atoms with van der Waals surface area (Å²) in [4.78, 5) is 11.6. The summed E-state index contributed by atoms with van der Waals surface area (Å²) < 4.78 is 16.5. The van der Waals surface area contributed by atoms with Crippen molar-refractivity contribution in [1.82, 2.24) is 5.43 Å². The summed E-state index contributed by atoms with van der Waals surface area (Å²) in [6, 6.07) is 10.9. The van der Waals surface area contributed by atoms with Gasteiger partial charge in [0.1, 0.15) is 17.1 Å². The summed E-state index contributed by atoms with van der Waals surface area (Å²) in [6.07, 6.45) is 0.549. The van der Waals surface area contributed by atoms with Crippen molar-refractivity contribution in [3.05, 3.63) is 52.5 Å². The Morgan fingerprint density at radius 1 is 1.31 bits per heavy atom. The highest BCUT2D eigenvalue weighted by Crippen LogP contribution is 2.35. The third-order valence-corrected chi connectivity index (χ3v) is 5.31. The van der Waals surface area contributed by atoms with Crippen molar-refractivity contribution in [2.75, 3.05) is 18.5 Å². The van der Waals surface area contributed by atoms with Crippen LogP contribution in [0.15, 0.2) is 41.5 Å². The van der Waals surface area contributed by atoms with E-state index >= 15 is 0 Å². The molecule has 0 atom stereocenters. The molecule has 170 valence electrons. The fourth-order valence-electron chi connectivity index (χ4n) is 3.20. The number of nitrogens with zero attached hydrogens (tertiary/aromatic N) is 1. The van der Waals surface area contributed by atoms with Crippen LogP contribution in [0.5, 0.6) is 11.5 Å². The lowest BCUT2D eigenvalue weighted by Gasteiger charge is -2.33. The third-order valence-electron chi connectivity index (χ3n) is 4.71. The Morgan fingerprint density at radius 3 is 2.84 bits per heavy atom. The average Bonchev–Trinajstić information content (AvgIpc) is 2.73. The number of carbonyl (C=O) groups excluding carboxylic acids is 1. The summed E-state index contributed by atoms with van der Waals surface area (Å²) in [5.74, 6) is 0.767. The van der Waals surface area contributed by atoms with Crippen LogP contribution in [0.3, 0.4) is 0 Å². The molecule has 2 aromatic rings. The van der Waals surface area contributed by atoms with E-state index < -0.39 is 11.6 Å². The van der Waals surface area contributed by atoms with Crippen molar-refractivity contribution in [3.8, 4) is 11.5 Å². The number of hydrogen-bond donors (Lipinski definition) is 2. The number of thiocarbonyl (C=S) groups is 1. The predicted molar refractivity (Wildman–Crippen MR) is 130 cm³/mol. The molecular formula is C23H26ClN3O4S. The van der Waals surface area contributed by atoms with Gasteiger partial charge >= 0.3 is 5.97 Å². The third kappa shape index (κ3) is 6.11. The number of nitrogens with one attached hydrogen (secondary N) is 2. The Morgan fingerprint density at radius 2 is 2.09 bits per heavy atom. The first kappa shape index (κ1) is 23.8. The van der Waals surface area contributed by atoms with E-state index in [1.165, 1.54) is 0 Å². The molecule has 1 aliphatic heterocycles. The number of hydrogen-bond acceptors (Lipinski definition) is 6. The molecule has 1 heterocycles. The minimum Gasteiger partial charge on any atom is -0.487 e. The number of carbonyl (C=O) groups is 1. The zero-order chi connectivity index (χ0) is 23.3. The second-order valence-corrected chi connectivity index (χ2v) is 8.64. The van der Waals surface area contributed by atoms with Crippen LogP contribution in [0.4, 0.5) is 5.69 Å². The predicted octanol–water partition coefficient (Wildman–Crippen LogP) is 4.84. The monoisotopic (exact) mass is 475 g/mol. The topological polar surface area (TPSA) is 81.2 Å². The first-order valence-electron chi connectivity index (χ1n) is 10.2. The van der Waals surface area contributed by atoms with Gasteiger partial charge in [-0.3, -0.25) is 5.43 Å². The van der Waals surface area contributed by atoms with Crippen LogP contribution in [-0.4, -0.2) is 35.6 Å². The summed E-state index contributed by atoms with van der Waals surface area (Å²) in [6.45, 7) is 7.77. The zero-order valence-corrected chi connectivity index (χ0v) is 20.0. The van der Waals surface area contributed by atoms with Crippen molar-refractivity contribution >= 4 is 46.3 Å². The maximum Gasteiger partial charge on any atom is 0.344 e. The van der Waals surface area contributed by atoms with Gasteiger partial charge in [-0.2, -0.15) is 5.10 Å². The number of hydrazone groups is 1. The molecule has 0 fully saturated rings. The lowest BCUT2D eigenvalue weighted by molar-refractivity contribution is -0.145. The van der Waals surface area contributed by atoms with Gasteiger partial charge in [0, 0.05) is 22.7 Å². The van der Waals surface area contributed by atoms with Gasteiger partial charge < -0.3 is 19.5 Å². The minimum absolute atomic E-state index is 0.170. The highest BCUT2D eigenvalue weighted by molar-refractivity contribution is 7.80. The molecule has 2 N–H and O–H groups in total. The van der Waals surface area contributed by atoms with E-state index in [2.05, 4.69) is 15.8 Å². The molecule has 0 aromatic heterocycles. The van der Waals surface area contributed by atoms with E-state index in [-0.39, 0.29) is 6.61 Å². The largest absolute Gasteiger partial charge is 0.487 e. The summed E-state index contributed by atoms with van der Waals surface area (Å²) >= 11 is 11.6. The van der Waals surface area contributed by atoms with Crippen LogP contribution in [0, 0.1) is 6.92 Å². The van der Waals surface area contributed by atoms with Crippen molar-refractivity contribution in [2.24, 2.45) is 5.10 Å². The van der Waals surface area contributed by atoms with Crippen molar-refractivity contribution < 1.29 is 19.0 Å². The van der Waals surface area contributed by atoms with E-state index in [1.54, 1.807) is 25.1 Å². The van der Waals surface area contributed by atoms with Crippen LogP contribution < -0.4 is 20.2 Å². The molecule has 7 nitrogen and oxygen atoms in total. The maximum atomic E-state index is 11.6. The molecule has 0 aliphatic carbocycles. The molecule has 0 unspecified atom stereocenters. The average molecular weight is 476 g/mol. The first-order chi connectivity index (χ1) is 15.2. The van der Waals surface area contributed by atoms with Gasteiger partial charge in [-0.15, -0.1) is 0 Å². The Labute approximate surface area is 198 Å². The molecule has 0 spiro atoms. The molecular weight excluding hydrogens is 450 g/mol. The highest BCUT2D eigenvalue weighted by Gasteiger charge is 2.31. The quantitative estimate of drug-likeness (QED) is 0.351. The van der Waals surface area contributed by atoms with E-state index in [4.69, 9.17) is 38.0 Å². The lowest BCUT2D eigenvalue weighted by Crippen LogP contribution is -2.37. The Balaban J connectivity index is 1.77. The molecule has 9 heteroatoms. The smallest absolute Gasteiger partial charge is 0.344 e. The van der Waals surface area contributed by atoms with Crippen LogP contribution in [0.1, 0.15) is 38.3 Å². The molecule has 2 aromatic carbocycles. The van der Waals surface area contributed by atoms with Crippen LogP contribution in [0.2, 0.25) is 5.02 Å². The van der Waals surface area contributed by atoms with Gasteiger partial charge in [0.05, 0.1) is 12.3 Å². The van der Waals surface area contributed by atoms with Crippen LogP contribution >= 0.6 is 23.8 Å². The molecule has 32 heavy (non-hydrogen) atoms. The van der Waals surface area contributed by atoms with Gasteiger partial charge in [-0.25, -0.2) is 4.79 Å². The summed E-state index contributed by atoms with van der Waals surface area (Å²) in [5, 5.41) is 8.64. The van der Waals surface area contributed by atoms with E-state index in [9.17, 15) is 4.79 Å². The maximum absolute atomic E-state index is 11.6. The number of rotatable bonds is 6. The standard InChI is InChI=1S/C23H26ClN3O4S/c1-5-29-21(28)13-30-15-9-10-20-16(11-15)19(12-23(3,4)31-20)26-27-22(32)25-18-8-6-7-17(24)14(18)2/h6-11H,5,12-13H2,1-4H3,(H2,25,27,32)/b26-19+. The van der Waals surface area contributed by atoms with Crippen molar-refractivity contribution in [2.45, 2.75) is 39.7 Å². The number of benzene rings is 2. The summed E-state index contributed by atoms with van der Waals surface area (Å²) in [5.41, 5.74) is 5.68. The molecule has 0 amide bonds. The Hall–Kier alpha value is -2.84. The second-order valence-electron chi connectivity index (χ2n) is 7.83. The van der Waals surface area contributed by atoms with Crippen LogP contribution in [-0.2, 0) is 9.53 Å². The molecule has 0 radical (unpaired) electrons. The minimum atomic E-state index is -0.445. The van der Waals surface area contributed by atoms with E-state index in [1.807, 2.05) is 39.0 Å². The Kier molecular flexibility index (Phi) is 7.58. The summed E-state index contributed by atoms with van der Waals surface area (Å²) in [7, 11) is 0. The van der Waals surface area contributed by atoms with Gasteiger partial charge in [0.25, 0.3) is 0 Å². The Bertz CT molecular complexity index is 1060. The number of esters is 1. The fourth-order valence-corrected chi connectivity index (χ4v) is 3.53. The normalized spacial score (nSPS) is 15.3. The second kappa shape index (κ2) is 10.2. The van der Waals surface area contributed by atoms with Gasteiger partial charge in [0.2, 0.25) is 0 Å². The number of anilines is 1. The van der Waals surface area contributed by atoms with Crippen molar-refractivity contribution in [1.29, 1.82) is 0 Å². The lowest BCUT2D eigenvalue weighted by atomic mass is 9.92. The number of halogens is 1. The van der Waals surface area contributed by atoms with Gasteiger partial charge in [-0.05, 0) is 75.8 Å². The zero-order valence-electron chi connectivity index (χ0n) is 18.5. The molecule has 0 saturated carbocycles. The van der Waals surface area contributed by atoms with Gasteiger partial charge in [0.15, 0.2) is 11.7 Å². The van der Waals surface area contributed by atoms with Crippen molar-refractivity contribution in [3.63, 3.8) is 0 Å².